The number of hydrogen-bond donors (Lipinski definition) is 0. The predicted molar refractivity (Wildman–Crippen MR) is 52.8 cm³/mol. The summed E-state index contributed by atoms with van der Waals surface area (Å²) in [5.41, 5.74) is 1.42. The molecule has 0 N–H and O–H groups in total. The van der Waals surface area contributed by atoms with E-state index in [1.54, 1.807) is 12.1 Å². The van der Waals surface area contributed by atoms with Crippen molar-refractivity contribution in [1.82, 2.24) is 0 Å². The summed E-state index contributed by atoms with van der Waals surface area (Å²) in [6.45, 7) is 0. The molecule has 0 atom stereocenters. The predicted octanol–water partition coefficient (Wildman–Crippen LogP) is 3.43. The summed E-state index contributed by atoms with van der Waals surface area (Å²) < 4.78 is 18.3. The second kappa shape index (κ2) is 3.66. The highest BCUT2D eigenvalue weighted by Gasteiger charge is 2.24. The van der Waals surface area contributed by atoms with Crippen molar-refractivity contribution in [1.29, 1.82) is 0 Å². The molecule has 0 saturated heterocycles. The summed E-state index contributed by atoms with van der Waals surface area (Å²) in [7, 11) is 0. The van der Waals surface area contributed by atoms with E-state index in [-0.39, 0.29) is 5.82 Å². The lowest BCUT2D eigenvalue weighted by Gasteiger charge is -2.04. The van der Waals surface area contributed by atoms with Crippen LogP contribution in [0.2, 0.25) is 0 Å². The smallest absolute Gasteiger partial charge is 0.165 e. The van der Waals surface area contributed by atoms with Gasteiger partial charge >= 0.3 is 0 Å². The quantitative estimate of drug-likeness (QED) is 0.741. The van der Waals surface area contributed by atoms with Crippen molar-refractivity contribution in [2.45, 2.75) is 18.8 Å². The van der Waals surface area contributed by atoms with Crippen LogP contribution < -0.4 is 4.74 Å². The van der Waals surface area contributed by atoms with Gasteiger partial charge in [-0.05, 0) is 52.4 Å². The number of benzene rings is 1. The maximum absolute atomic E-state index is 13.3. The molecule has 0 bridgehead atoms. The van der Waals surface area contributed by atoms with Gasteiger partial charge in [0.15, 0.2) is 11.6 Å². The zero-order valence-electron chi connectivity index (χ0n) is 7.09. The fraction of sp³-hybridized carbons (Fsp3) is 0.400. The number of ether oxygens (including phenoxy) is 1. The van der Waals surface area contributed by atoms with Crippen LogP contribution in [0.5, 0.6) is 5.75 Å². The Kier molecular flexibility index (Phi) is 2.54. The molecule has 2 rings (SSSR count). The monoisotopic (exact) mass is 244 g/mol. The third kappa shape index (κ3) is 2.02. The van der Waals surface area contributed by atoms with Crippen LogP contribution in [-0.4, -0.2) is 5.52 Å². The van der Waals surface area contributed by atoms with Gasteiger partial charge in [0.05, 0.1) is 0 Å². The van der Waals surface area contributed by atoms with Crippen molar-refractivity contribution in [3.05, 3.63) is 29.6 Å². The molecule has 3 heteroatoms. The van der Waals surface area contributed by atoms with Crippen LogP contribution in [0.25, 0.3) is 0 Å². The van der Waals surface area contributed by atoms with E-state index >= 15 is 0 Å². The number of rotatable bonds is 3. The molecule has 0 aliphatic heterocycles. The summed E-state index contributed by atoms with van der Waals surface area (Å²) in [6, 6.07) is 5.22. The molecule has 0 unspecified atom stereocenters. The molecule has 0 aromatic heterocycles. The molecule has 0 amide bonds. The van der Waals surface area contributed by atoms with Crippen molar-refractivity contribution >= 4 is 15.9 Å². The number of alkyl halides is 1. The molecule has 0 heterocycles. The van der Waals surface area contributed by atoms with E-state index in [4.69, 9.17) is 4.74 Å². The Morgan fingerprint density at radius 1 is 1.46 bits per heavy atom. The lowest BCUT2D eigenvalue weighted by molar-refractivity contribution is 0.372. The van der Waals surface area contributed by atoms with Crippen molar-refractivity contribution < 1.29 is 9.13 Å². The van der Waals surface area contributed by atoms with Gasteiger partial charge in [-0.2, -0.15) is 0 Å². The number of hydrogen-bond acceptors (Lipinski definition) is 1. The van der Waals surface area contributed by atoms with Crippen LogP contribution in [0.4, 0.5) is 4.39 Å². The fourth-order valence-corrected chi connectivity index (χ4v) is 1.61. The van der Waals surface area contributed by atoms with Crippen LogP contribution >= 0.6 is 15.9 Å². The first-order chi connectivity index (χ1) is 6.31. The highest BCUT2D eigenvalue weighted by Crippen LogP contribution is 2.40. The minimum Gasteiger partial charge on any atom is -0.479 e. The van der Waals surface area contributed by atoms with Crippen molar-refractivity contribution in [3.8, 4) is 5.75 Å². The van der Waals surface area contributed by atoms with Crippen LogP contribution in [0.15, 0.2) is 18.2 Å². The summed E-state index contributed by atoms with van der Waals surface area (Å²) in [4.78, 5) is 0. The highest BCUT2D eigenvalue weighted by molar-refractivity contribution is 9.09. The molecule has 1 aromatic carbocycles. The van der Waals surface area contributed by atoms with Crippen LogP contribution in [0, 0.1) is 5.82 Å². The highest BCUT2D eigenvalue weighted by atomic mass is 79.9. The molecule has 1 nitrogen and oxygen atoms in total. The van der Waals surface area contributed by atoms with Gasteiger partial charge in [0, 0.05) is 0 Å². The SMILES string of the molecule is Fc1cc(C2CC2)ccc1OCBr. The second-order valence-corrected chi connectivity index (χ2v) is 3.68. The summed E-state index contributed by atoms with van der Waals surface area (Å²) in [5, 5.41) is 0. The topological polar surface area (TPSA) is 9.23 Å². The van der Waals surface area contributed by atoms with Crippen molar-refractivity contribution in [3.63, 3.8) is 0 Å². The van der Waals surface area contributed by atoms with E-state index in [9.17, 15) is 4.39 Å². The fourth-order valence-electron chi connectivity index (χ4n) is 1.36. The molecule has 1 aliphatic carbocycles. The van der Waals surface area contributed by atoms with Gasteiger partial charge < -0.3 is 4.74 Å². The molecular weight excluding hydrogens is 235 g/mol. The van der Waals surface area contributed by atoms with Gasteiger partial charge in [-0.15, -0.1) is 0 Å². The molecule has 1 aromatic rings. The normalized spacial score (nSPS) is 15.8. The zero-order valence-corrected chi connectivity index (χ0v) is 8.68. The Labute approximate surface area is 85.0 Å². The first-order valence-corrected chi connectivity index (χ1v) is 5.41. The Balaban J connectivity index is 2.21. The molecular formula is C10H10BrFO. The average Bonchev–Trinajstić information content (AvgIpc) is 2.91. The first-order valence-electron chi connectivity index (χ1n) is 4.29. The van der Waals surface area contributed by atoms with E-state index in [0.29, 0.717) is 17.2 Å². The minimum atomic E-state index is -0.260. The second-order valence-electron chi connectivity index (χ2n) is 3.22. The van der Waals surface area contributed by atoms with Crippen LogP contribution in [0.3, 0.4) is 0 Å². The Bertz CT molecular complexity index is 310. The largest absolute Gasteiger partial charge is 0.479 e. The Hall–Kier alpha value is -0.570. The standard InChI is InChI=1S/C10H10BrFO/c11-6-13-10-4-3-8(5-9(10)12)7-1-2-7/h3-5,7H,1-2,6H2. The maximum atomic E-state index is 13.3. The molecule has 1 aliphatic rings. The summed E-state index contributed by atoms with van der Waals surface area (Å²) in [5.74, 6) is 0.651. The van der Waals surface area contributed by atoms with Crippen LogP contribution in [-0.2, 0) is 0 Å². The lowest BCUT2D eigenvalue weighted by Crippen LogP contribution is -1.93. The molecule has 0 spiro atoms. The third-order valence-electron chi connectivity index (χ3n) is 2.21. The van der Waals surface area contributed by atoms with E-state index in [1.165, 1.54) is 12.8 Å². The van der Waals surface area contributed by atoms with E-state index < -0.39 is 0 Å². The van der Waals surface area contributed by atoms with Gasteiger partial charge in [0.2, 0.25) is 0 Å². The first kappa shape index (κ1) is 9.00. The molecule has 13 heavy (non-hydrogen) atoms. The Morgan fingerprint density at radius 2 is 2.23 bits per heavy atom. The van der Waals surface area contributed by atoms with E-state index in [0.717, 1.165) is 5.56 Å². The van der Waals surface area contributed by atoms with Gasteiger partial charge in [-0.25, -0.2) is 4.39 Å². The average molecular weight is 245 g/mol. The summed E-state index contributed by atoms with van der Waals surface area (Å²) in [6.07, 6.45) is 2.39. The van der Waals surface area contributed by atoms with Crippen molar-refractivity contribution in [2.24, 2.45) is 0 Å². The molecule has 0 radical (unpaired) electrons. The third-order valence-corrected chi connectivity index (χ3v) is 2.44. The van der Waals surface area contributed by atoms with Gasteiger partial charge in [-0.1, -0.05) is 6.07 Å². The number of halogens is 2. The van der Waals surface area contributed by atoms with Gasteiger partial charge in [-0.3, -0.25) is 0 Å². The Morgan fingerprint density at radius 3 is 2.77 bits per heavy atom. The zero-order chi connectivity index (χ0) is 9.26. The molecule has 1 fully saturated rings. The van der Waals surface area contributed by atoms with Crippen LogP contribution in [0.1, 0.15) is 24.3 Å². The molecule has 1 saturated carbocycles. The lowest BCUT2D eigenvalue weighted by atomic mass is 10.1. The summed E-state index contributed by atoms with van der Waals surface area (Å²) >= 11 is 3.09. The maximum Gasteiger partial charge on any atom is 0.165 e. The van der Waals surface area contributed by atoms with E-state index in [1.807, 2.05) is 6.07 Å². The minimum absolute atomic E-state index is 0.260. The van der Waals surface area contributed by atoms with E-state index in [2.05, 4.69) is 15.9 Å². The van der Waals surface area contributed by atoms with Gasteiger partial charge in [0.1, 0.15) is 5.52 Å². The molecule has 70 valence electrons. The van der Waals surface area contributed by atoms with Gasteiger partial charge in [0.25, 0.3) is 0 Å². The van der Waals surface area contributed by atoms with Crippen molar-refractivity contribution in [2.75, 3.05) is 5.52 Å².